The smallest absolute Gasteiger partial charge is 0.270 e. The average Bonchev–Trinajstić information content (AvgIpc) is 2.43. The molecule has 1 aromatic rings. The number of hydrogen-bond acceptors (Lipinski definition) is 6. The molecule has 0 unspecified atom stereocenters. The van der Waals surface area contributed by atoms with Crippen molar-refractivity contribution >= 4 is 23.3 Å². The Kier molecular flexibility index (Phi) is 3.85. The van der Waals surface area contributed by atoms with E-state index in [-0.39, 0.29) is 24.5 Å². The van der Waals surface area contributed by atoms with Crippen LogP contribution in [0.2, 0.25) is 0 Å². The van der Waals surface area contributed by atoms with E-state index in [4.69, 9.17) is 4.74 Å². The van der Waals surface area contributed by atoms with E-state index < -0.39 is 29.1 Å². The van der Waals surface area contributed by atoms with E-state index in [1.807, 2.05) is 0 Å². The third kappa shape index (κ3) is 2.86. The monoisotopic (exact) mass is 278 g/mol. The number of ketones is 1. The van der Waals surface area contributed by atoms with Crippen LogP contribution in [0, 0.1) is 10.1 Å². The van der Waals surface area contributed by atoms with Gasteiger partial charge in [0.1, 0.15) is 13.2 Å². The molecular formula is C12H10N2O6. The number of Topliss-reactive ketones (excluding diaryl/α,β-unsaturated/α-hetero) is 1. The van der Waals surface area contributed by atoms with Gasteiger partial charge in [0, 0.05) is 17.7 Å². The standard InChI is InChI=1S/C12H10N2O6/c15-10(5-13-11(16)6-20-7-12(13)17)8-2-1-3-9(4-8)14(18)19/h1-4H,5-7H2. The minimum Gasteiger partial charge on any atom is -0.362 e. The number of nitro groups is 1. The number of imide groups is 1. The number of rotatable bonds is 4. The molecule has 0 bridgehead atoms. The lowest BCUT2D eigenvalue weighted by atomic mass is 10.1. The molecule has 1 aromatic carbocycles. The highest BCUT2D eigenvalue weighted by molar-refractivity contribution is 6.06. The molecule has 20 heavy (non-hydrogen) atoms. The quantitative estimate of drug-likeness (QED) is 0.336. The van der Waals surface area contributed by atoms with Crippen molar-refractivity contribution in [2.75, 3.05) is 19.8 Å². The maximum Gasteiger partial charge on any atom is 0.270 e. The number of nitro benzene ring substituents is 1. The summed E-state index contributed by atoms with van der Waals surface area (Å²) >= 11 is 0. The van der Waals surface area contributed by atoms with Crippen LogP contribution in [0.3, 0.4) is 0 Å². The second kappa shape index (κ2) is 5.57. The molecule has 1 saturated heterocycles. The van der Waals surface area contributed by atoms with Gasteiger partial charge in [-0.05, 0) is 0 Å². The number of morpholine rings is 1. The zero-order valence-electron chi connectivity index (χ0n) is 10.3. The van der Waals surface area contributed by atoms with E-state index in [1.54, 1.807) is 0 Å². The van der Waals surface area contributed by atoms with Crippen LogP contribution < -0.4 is 0 Å². The van der Waals surface area contributed by atoms with E-state index in [1.165, 1.54) is 18.2 Å². The van der Waals surface area contributed by atoms with Gasteiger partial charge in [-0.25, -0.2) is 0 Å². The van der Waals surface area contributed by atoms with E-state index in [0.29, 0.717) is 0 Å². The first-order valence-electron chi connectivity index (χ1n) is 5.67. The second-order valence-electron chi connectivity index (χ2n) is 4.10. The highest BCUT2D eigenvalue weighted by Gasteiger charge is 2.28. The fourth-order valence-electron chi connectivity index (χ4n) is 1.72. The summed E-state index contributed by atoms with van der Waals surface area (Å²) in [5.41, 5.74) is -0.151. The Balaban J connectivity index is 2.15. The van der Waals surface area contributed by atoms with Gasteiger partial charge in [-0.2, -0.15) is 0 Å². The summed E-state index contributed by atoms with van der Waals surface area (Å²) in [5, 5.41) is 10.6. The van der Waals surface area contributed by atoms with Crippen LogP contribution in [0.5, 0.6) is 0 Å². The predicted octanol–water partition coefficient (Wildman–Crippen LogP) is 0.163. The van der Waals surface area contributed by atoms with Crippen LogP contribution in [0.15, 0.2) is 24.3 Å². The van der Waals surface area contributed by atoms with Crippen LogP contribution in [-0.4, -0.2) is 47.2 Å². The molecule has 0 saturated carbocycles. The SMILES string of the molecule is O=C(CN1C(=O)COCC1=O)c1cccc([N+](=O)[O-])c1. The molecular weight excluding hydrogens is 268 g/mol. The fourth-order valence-corrected chi connectivity index (χ4v) is 1.72. The highest BCUT2D eigenvalue weighted by atomic mass is 16.6. The molecule has 2 amide bonds. The van der Waals surface area contributed by atoms with Gasteiger partial charge in [-0.15, -0.1) is 0 Å². The molecule has 0 atom stereocenters. The molecule has 1 fully saturated rings. The van der Waals surface area contributed by atoms with Crippen LogP contribution >= 0.6 is 0 Å². The molecule has 0 aliphatic carbocycles. The summed E-state index contributed by atoms with van der Waals surface area (Å²) in [6, 6.07) is 5.12. The molecule has 0 N–H and O–H groups in total. The van der Waals surface area contributed by atoms with Gasteiger partial charge in [0.05, 0.1) is 11.5 Å². The maximum atomic E-state index is 12.0. The highest BCUT2D eigenvalue weighted by Crippen LogP contribution is 2.14. The number of nitrogens with zero attached hydrogens (tertiary/aromatic N) is 2. The third-order valence-electron chi connectivity index (χ3n) is 2.73. The van der Waals surface area contributed by atoms with Crippen molar-refractivity contribution in [3.63, 3.8) is 0 Å². The lowest BCUT2D eigenvalue weighted by Crippen LogP contribution is -2.48. The maximum absolute atomic E-state index is 12.0. The summed E-state index contributed by atoms with van der Waals surface area (Å²) in [6.07, 6.45) is 0. The summed E-state index contributed by atoms with van der Waals surface area (Å²) in [7, 11) is 0. The summed E-state index contributed by atoms with van der Waals surface area (Å²) in [6.45, 7) is -0.954. The lowest BCUT2D eigenvalue weighted by molar-refractivity contribution is -0.384. The number of benzene rings is 1. The molecule has 1 heterocycles. The average molecular weight is 278 g/mol. The van der Waals surface area contributed by atoms with Gasteiger partial charge in [0.15, 0.2) is 5.78 Å². The molecule has 0 radical (unpaired) electrons. The van der Waals surface area contributed by atoms with Gasteiger partial charge in [0.25, 0.3) is 17.5 Å². The van der Waals surface area contributed by atoms with Crippen molar-refractivity contribution in [1.82, 2.24) is 4.90 Å². The van der Waals surface area contributed by atoms with Crippen molar-refractivity contribution in [3.05, 3.63) is 39.9 Å². The van der Waals surface area contributed by atoms with Crippen molar-refractivity contribution < 1.29 is 24.0 Å². The predicted molar refractivity (Wildman–Crippen MR) is 65.0 cm³/mol. The van der Waals surface area contributed by atoms with Crippen molar-refractivity contribution in [1.29, 1.82) is 0 Å². The van der Waals surface area contributed by atoms with Gasteiger partial charge < -0.3 is 4.74 Å². The number of carbonyl (C=O) groups is 3. The third-order valence-corrected chi connectivity index (χ3v) is 2.73. The molecule has 1 aliphatic rings. The van der Waals surface area contributed by atoms with Crippen LogP contribution in [0.4, 0.5) is 5.69 Å². The lowest BCUT2D eigenvalue weighted by Gasteiger charge is -2.24. The van der Waals surface area contributed by atoms with Gasteiger partial charge in [0.2, 0.25) is 0 Å². The van der Waals surface area contributed by atoms with E-state index in [0.717, 1.165) is 11.0 Å². The van der Waals surface area contributed by atoms with Gasteiger partial charge in [-0.1, -0.05) is 12.1 Å². The van der Waals surface area contributed by atoms with Crippen LogP contribution in [0.1, 0.15) is 10.4 Å². The van der Waals surface area contributed by atoms with E-state index in [9.17, 15) is 24.5 Å². The van der Waals surface area contributed by atoms with Gasteiger partial charge in [-0.3, -0.25) is 29.4 Å². The molecule has 8 heteroatoms. The summed E-state index contributed by atoms with van der Waals surface area (Å²) in [5.74, 6) is -1.74. The molecule has 0 spiro atoms. The number of ether oxygens (including phenoxy) is 1. The molecule has 0 aromatic heterocycles. The Morgan fingerprint density at radius 2 is 1.95 bits per heavy atom. The Bertz CT molecular complexity index is 581. The van der Waals surface area contributed by atoms with Gasteiger partial charge >= 0.3 is 0 Å². The first-order chi connectivity index (χ1) is 9.49. The van der Waals surface area contributed by atoms with Crippen LogP contribution in [0.25, 0.3) is 0 Å². The number of hydrogen-bond donors (Lipinski definition) is 0. The Morgan fingerprint density at radius 1 is 1.30 bits per heavy atom. The minimum absolute atomic E-state index is 0.0753. The van der Waals surface area contributed by atoms with Crippen molar-refractivity contribution in [2.45, 2.75) is 0 Å². The second-order valence-corrected chi connectivity index (χ2v) is 4.10. The number of amides is 2. The minimum atomic E-state index is -0.623. The Morgan fingerprint density at radius 3 is 2.55 bits per heavy atom. The zero-order chi connectivity index (χ0) is 14.7. The van der Waals surface area contributed by atoms with E-state index >= 15 is 0 Å². The largest absolute Gasteiger partial charge is 0.362 e. The molecule has 1 aliphatic heterocycles. The summed E-state index contributed by atoms with van der Waals surface area (Å²) in [4.78, 5) is 45.7. The first-order valence-corrected chi connectivity index (χ1v) is 5.67. The topological polar surface area (TPSA) is 107 Å². The van der Waals surface area contributed by atoms with Crippen molar-refractivity contribution in [2.24, 2.45) is 0 Å². The normalized spacial score (nSPS) is 15.3. The zero-order valence-corrected chi connectivity index (χ0v) is 10.3. The van der Waals surface area contributed by atoms with Crippen LogP contribution in [-0.2, 0) is 14.3 Å². The molecule has 8 nitrogen and oxygen atoms in total. The van der Waals surface area contributed by atoms with Crippen molar-refractivity contribution in [3.8, 4) is 0 Å². The Labute approximate surface area is 113 Å². The Hall–Kier alpha value is -2.61. The first kappa shape index (κ1) is 13.8. The number of carbonyl (C=O) groups excluding carboxylic acids is 3. The summed E-state index contributed by atoms with van der Waals surface area (Å²) < 4.78 is 4.72. The molecule has 2 rings (SSSR count). The molecule has 104 valence electrons. The fraction of sp³-hybridized carbons (Fsp3) is 0.250. The number of non-ortho nitro benzene ring substituents is 1. The van der Waals surface area contributed by atoms with E-state index in [2.05, 4.69) is 0 Å².